The summed E-state index contributed by atoms with van der Waals surface area (Å²) >= 11 is 3.44. The topological polar surface area (TPSA) is 23.5 Å². The third-order valence-electron chi connectivity index (χ3n) is 2.40. The van der Waals surface area contributed by atoms with Gasteiger partial charge in [-0.1, -0.05) is 35.0 Å². The van der Waals surface area contributed by atoms with Crippen molar-refractivity contribution in [2.24, 2.45) is 0 Å². The highest BCUT2D eigenvalue weighted by atomic mass is 79.9. The molecule has 0 radical (unpaired) electrons. The number of alkyl halides is 1. The number of nitrogens with zero attached hydrogens (tertiary/aromatic N) is 1. The van der Waals surface area contributed by atoms with Gasteiger partial charge in [-0.3, -0.25) is 4.90 Å². The zero-order valence-electron chi connectivity index (χ0n) is 9.12. The molecule has 0 aliphatic carbocycles. The number of aromatic hydroxyl groups is 1. The van der Waals surface area contributed by atoms with E-state index in [-0.39, 0.29) is 0 Å². The lowest BCUT2D eigenvalue weighted by atomic mass is 10.2. The molecule has 3 heteroatoms. The van der Waals surface area contributed by atoms with Crippen LogP contribution in [0.1, 0.15) is 18.9 Å². The van der Waals surface area contributed by atoms with Crippen molar-refractivity contribution < 1.29 is 5.11 Å². The maximum Gasteiger partial charge on any atom is 0.115 e. The van der Waals surface area contributed by atoms with Crippen LogP contribution >= 0.6 is 15.9 Å². The summed E-state index contributed by atoms with van der Waals surface area (Å²) in [5.41, 5.74) is 1.25. The molecular weight excluding hydrogens is 254 g/mol. The molecule has 84 valence electrons. The van der Waals surface area contributed by atoms with E-state index >= 15 is 0 Å². The average molecular weight is 272 g/mol. The largest absolute Gasteiger partial charge is 0.508 e. The second-order valence-corrected chi connectivity index (χ2v) is 4.37. The molecule has 0 heterocycles. The van der Waals surface area contributed by atoms with Crippen LogP contribution in [0.15, 0.2) is 24.3 Å². The fourth-order valence-electron chi connectivity index (χ4n) is 1.49. The van der Waals surface area contributed by atoms with Gasteiger partial charge in [-0.2, -0.15) is 0 Å². The normalized spacial score (nSPS) is 10.9. The van der Waals surface area contributed by atoms with Crippen LogP contribution in [0.3, 0.4) is 0 Å². The zero-order valence-corrected chi connectivity index (χ0v) is 10.7. The van der Waals surface area contributed by atoms with E-state index in [4.69, 9.17) is 5.11 Å². The van der Waals surface area contributed by atoms with E-state index in [1.807, 2.05) is 12.1 Å². The molecule has 1 aromatic carbocycles. The first kappa shape index (κ1) is 12.5. The van der Waals surface area contributed by atoms with E-state index in [1.54, 1.807) is 12.1 Å². The van der Waals surface area contributed by atoms with Crippen molar-refractivity contribution >= 4 is 15.9 Å². The summed E-state index contributed by atoms with van der Waals surface area (Å²) < 4.78 is 0. The minimum absolute atomic E-state index is 0.335. The SMILES string of the molecule is CCN(CCCBr)Cc1ccc(O)cc1. The summed E-state index contributed by atoms with van der Waals surface area (Å²) in [7, 11) is 0. The molecular formula is C12H18BrNO. The minimum Gasteiger partial charge on any atom is -0.508 e. The Bertz CT molecular complexity index is 273. The summed E-state index contributed by atoms with van der Waals surface area (Å²) in [6.45, 7) is 5.31. The Labute approximate surface area is 100 Å². The van der Waals surface area contributed by atoms with Crippen LogP contribution in [0, 0.1) is 0 Å². The second kappa shape index (κ2) is 6.85. The lowest BCUT2D eigenvalue weighted by Crippen LogP contribution is -2.24. The zero-order chi connectivity index (χ0) is 11.1. The van der Waals surface area contributed by atoms with E-state index < -0.39 is 0 Å². The van der Waals surface area contributed by atoms with Crippen LogP contribution in [0.2, 0.25) is 0 Å². The highest BCUT2D eigenvalue weighted by Crippen LogP contribution is 2.11. The first-order chi connectivity index (χ1) is 7.26. The fraction of sp³-hybridized carbons (Fsp3) is 0.500. The first-order valence-electron chi connectivity index (χ1n) is 5.32. The quantitative estimate of drug-likeness (QED) is 0.805. The summed E-state index contributed by atoms with van der Waals surface area (Å²) in [4.78, 5) is 2.40. The Morgan fingerprint density at radius 2 is 1.93 bits per heavy atom. The van der Waals surface area contributed by atoms with Gasteiger partial charge in [0.1, 0.15) is 5.75 Å². The van der Waals surface area contributed by atoms with Gasteiger partial charge >= 0.3 is 0 Å². The van der Waals surface area contributed by atoms with Crippen molar-refractivity contribution in [2.45, 2.75) is 19.9 Å². The summed E-state index contributed by atoms with van der Waals surface area (Å²) in [6, 6.07) is 7.44. The van der Waals surface area contributed by atoms with Crippen molar-refractivity contribution in [3.8, 4) is 5.75 Å². The van der Waals surface area contributed by atoms with Crippen LogP contribution in [-0.2, 0) is 6.54 Å². The third kappa shape index (κ3) is 4.67. The van der Waals surface area contributed by atoms with Gasteiger partial charge in [0.25, 0.3) is 0 Å². The lowest BCUT2D eigenvalue weighted by molar-refractivity contribution is 0.281. The fourth-order valence-corrected chi connectivity index (χ4v) is 1.74. The highest BCUT2D eigenvalue weighted by Gasteiger charge is 2.02. The van der Waals surface area contributed by atoms with Gasteiger partial charge in [0, 0.05) is 11.9 Å². The van der Waals surface area contributed by atoms with Gasteiger partial charge in [0.2, 0.25) is 0 Å². The van der Waals surface area contributed by atoms with Crippen molar-refractivity contribution in [1.29, 1.82) is 0 Å². The van der Waals surface area contributed by atoms with Gasteiger partial charge in [0.15, 0.2) is 0 Å². The third-order valence-corrected chi connectivity index (χ3v) is 2.96. The van der Waals surface area contributed by atoms with Gasteiger partial charge in [-0.25, -0.2) is 0 Å². The van der Waals surface area contributed by atoms with Crippen LogP contribution in [0.25, 0.3) is 0 Å². The molecule has 1 aromatic rings. The van der Waals surface area contributed by atoms with E-state index in [0.717, 1.165) is 25.0 Å². The van der Waals surface area contributed by atoms with Crippen LogP contribution in [0.5, 0.6) is 5.75 Å². The molecule has 0 bridgehead atoms. The van der Waals surface area contributed by atoms with Crippen molar-refractivity contribution in [1.82, 2.24) is 4.90 Å². The Kier molecular flexibility index (Phi) is 5.73. The number of rotatable bonds is 6. The highest BCUT2D eigenvalue weighted by molar-refractivity contribution is 9.09. The molecule has 0 fully saturated rings. The molecule has 0 spiro atoms. The molecule has 0 saturated carbocycles. The number of benzene rings is 1. The molecule has 1 N–H and O–H groups in total. The van der Waals surface area contributed by atoms with Gasteiger partial charge in [0.05, 0.1) is 0 Å². The molecule has 0 aliphatic rings. The van der Waals surface area contributed by atoms with Crippen LogP contribution < -0.4 is 0 Å². The summed E-state index contributed by atoms with van der Waals surface area (Å²) in [5.74, 6) is 0.335. The Balaban J connectivity index is 2.47. The summed E-state index contributed by atoms with van der Waals surface area (Å²) in [6.07, 6.45) is 1.17. The maximum atomic E-state index is 9.17. The standard InChI is InChI=1S/C12H18BrNO/c1-2-14(9-3-8-13)10-11-4-6-12(15)7-5-11/h4-7,15H,2-3,8-10H2,1H3. The Hall–Kier alpha value is -0.540. The Morgan fingerprint density at radius 1 is 1.27 bits per heavy atom. The van der Waals surface area contributed by atoms with E-state index in [9.17, 15) is 0 Å². The molecule has 15 heavy (non-hydrogen) atoms. The van der Waals surface area contributed by atoms with Gasteiger partial charge in [-0.15, -0.1) is 0 Å². The monoisotopic (exact) mass is 271 g/mol. The smallest absolute Gasteiger partial charge is 0.115 e. The molecule has 0 saturated heterocycles. The van der Waals surface area contributed by atoms with E-state index in [1.165, 1.54) is 12.0 Å². The molecule has 0 unspecified atom stereocenters. The van der Waals surface area contributed by atoms with Crippen molar-refractivity contribution in [3.63, 3.8) is 0 Å². The van der Waals surface area contributed by atoms with E-state index in [2.05, 4.69) is 27.8 Å². The van der Waals surface area contributed by atoms with Gasteiger partial charge in [-0.05, 0) is 37.2 Å². The van der Waals surface area contributed by atoms with Gasteiger partial charge < -0.3 is 5.11 Å². The number of hydrogen-bond donors (Lipinski definition) is 1. The molecule has 1 rings (SSSR count). The molecule has 2 nitrogen and oxygen atoms in total. The van der Waals surface area contributed by atoms with Crippen LogP contribution in [-0.4, -0.2) is 28.4 Å². The number of hydrogen-bond acceptors (Lipinski definition) is 2. The number of phenolic OH excluding ortho intramolecular Hbond substituents is 1. The Morgan fingerprint density at radius 3 is 2.47 bits per heavy atom. The second-order valence-electron chi connectivity index (χ2n) is 3.58. The summed E-state index contributed by atoms with van der Waals surface area (Å²) in [5, 5.41) is 10.2. The lowest BCUT2D eigenvalue weighted by Gasteiger charge is -2.19. The maximum absolute atomic E-state index is 9.17. The van der Waals surface area contributed by atoms with Crippen LogP contribution in [0.4, 0.5) is 0 Å². The van der Waals surface area contributed by atoms with E-state index in [0.29, 0.717) is 5.75 Å². The number of phenols is 1. The predicted molar refractivity (Wildman–Crippen MR) is 67.5 cm³/mol. The predicted octanol–water partition coefficient (Wildman–Crippen LogP) is 3.00. The molecule has 0 amide bonds. The molecule has 0 aromatic heterocycles. The van der Waals surface area contributed by atoms with Crippen molar-refractivity contribution in [2.75, 3.05) is 18.4 Å². The van der Waals surface area contributed by atoms with Crippen molar-refractivity contribution in [3.05, 3.63) is 29.8 Å². The minimum atomic E-state index is 0.335. The molecule has 0 atom stereocenters. The average Bonchev–Trinajstić information content (AvgIpc) is 2.27. The number of halogens is 1. The molecule has 0 aliphatic heterocycles. The first-order valence-corrected chi connectivity index (χ1v) is 6.44.